The number of nitrogen functional groups attached to an aromatic ring is 1. The van der Waals surface area contributed by atoms with Crippen molar-refractivity contribution in [3.8, 4) is 0 Å². The Hall–Kier alpha value is -0.730. The predicted octanol–water partition coefficient (Wildman–Crippen LogP) is 3.69. The summed E-state index contributed by atoms with van der Waals surface area (Å²) in [6.45, 7) is 2.22. The van der Waals surface area contributed by atoms with Gasteiger partial charge in [-0.3, -0.25) is 4.90 Å². The van der Waals surface area contributed by atoms with Gasteiger partial charge in [0.25, 0.3) is 0 Å². The number of anilines is 1. The molecule has 98 valence electrons. The molecular formula is C15H21ClN2. The molecule has 0 amide bonds. The fourth-order valence-electron chi connectivity index (χ4n) is 3.61. The average Bonchev–Trinajstić information content (AvgIpc) is 2.76. The van der Waals surface area contributed by atoms with Crippen molar-refractivity contribution < 1.29 is 0 Å². The second-order valence-electron chi connectivity index (χ2n) is 5.72. The lowest BCUT2D eigenvalue weighted by atomic mass is 9.85. The van der Waals surface area contributed by atoms with Crippen LogP contribution in [-0.2, 0) is 6.54 Å². The molecule has 2 atom stereocenters. The molecule has 2 N–H and O–H groups in total. The number of rotatable bonds is 2. The van der Waals surface area contributed by atoms with Gasteiger partial charge in [-0.2, -0.15) is 0 Å². The molecule has 0 spiro atoms. The van der Waals surface area contributed by atoms with Crippen molar-refractivity contribution in [3.63, 3.8) is 0 Å². The molecule has 2 fully saturated rings. The van der Waals surface area contributed by atoms with Crippen LogP contribution in [-0.4, -0.2) is 17.5 Å². The second kappa shape index (κ2) is 5.10. The Balaban J connectivity index is 1.72. The average molecular weight is 265 g/mol. The molecule has 1 aliphatic heterocycles. The van der Waals surface area contributed by atoms with Crippen LogP contribution in [0.1, 0.15) is 37.7 Å². The van der Waals surface area contributed by atoms with Crippen LogP contribution in [0.4, 0.5) is 5.69 Å². The summed E-state index contributed by atoms with van der Waals surface area (Å²) in [6.07, 6.45) is 7.00. The number of hydrogen-bond donors (Lipinski definition) is 1. The number of hydrogen-bond acceptors (Lipinski definition) is 2. The Labute approximate surface area is 114 Å². The first-order chi connectivity index (χ1) is 8.74. The van der Waals surface area contributed by atoms with Crippen molar-refractivity contribution >= 4 is 17.3 Å². The van der Waals surface area contributed by atoms with E-state index in [4.69, 9.17) is 17.3 Å². The van der Waals surface area contributed by atoms with Gasteiger partial charge in [-0.1, -0.05) is 30.5 Å². The van der Waals surface area contributed by atoms with Crippen LogP contribution in [0.5, 0.6) is 0 Å². The molecule has 0 radical (unpaired) electrons. The first-order valence-electron chi connectivity index (χ1n) is 7.02. The van der Waals surface area contributed by atoms with Crippen molar-refractivity contribution in [1.82, 2.24) is 4.90 Å². The van der Waals surface area contributed by atoms with E-state index in [2.05, 4.69) is 11.0 Å². The van der Waals surface area contributed by atoms with E-state index in [1.54, 1.807) is 0 Å². The highest BCUT2D eigenvalue weighted by molar-refractivity contribution is 6.31. The van der Waals surface area contributed by atoms with E-state index >= 15 is 0 Å². The van der Waals surface area contributed by atoms with Crippen LogP contribution >= 0.6 is 11.6 Å². The lowest BCUT2D eigenvalue weighted by Crippen LogP contribution is -2.34. The Bertz CT molecular complexity index is 433. The Morgan fingerprint density at radius 3 is 2.89 bits per heavy atom. The quantitative estimate of drug-likeness (QED) is 0.826. The molecule has 1 aromatic carbocycles. The molecule has 1 saturated heterocycles. The van der Waals surface area contributed by atoms with Gasteiger partial charge in [-0.15, -0.1) is 0 Å². The maximum atomic E-state index is 6.28. The van der Waals surface area contributed by atoms with E-state index in [1.165, 1.54) is 44.2 Å². The summed E-state index contributed by atoms with van der Waals surface area (Å²) >= 11 is 6.28. The molecular weight excluding hydrogens is 244 g/mol. The molecule has 2 aliphatic rings. The molecule has 0 aromatic heterocycles. The lowest BCUT2D eigenvalue weighted by Gasteiger charge is -2.31. The second-order valence-corrected chi connectivity index (χ2v) is 6.13. The monoisotopic (exact) mass is 264 g/mol. The number of fused-ring (bicyclic) bond motifs is 1. The van der Waals surface area contributed by atoms with Crippen LogP contribution in [0, 0.1) is 5.92 Å². The number of benzene rings is 1. The summed E-state index contributed by atoms with van der Waals surface area (Å²) in [5.74, 6) is 0.936. The zero-order valence-electron chi connectivity index (χ0n) is 10.7. The highest BCUT2D eigenvalue weighted by Crippen LogP contribution is 2.37. The Kier molecular flexibility index (Phi) is 3.49. The van der Waals surface area contributed by atoms with Crippen molar-refractivity contribution in [1.29, 1.82) is 0 Å². The van der Waals surface area contributed by atoms with Gasteiger partial charge < -0.3 is 5.73 Å². The van der Waals surface area contributed by atoms with E-state index in [0.29, 0.717) is 0 Å². The fourth-order valence-corrected chi connectivity index (χ4v) is 3.86. The molecule has 1 heterocycles. The molecule has 3 rings (SSSR count). The van der Waals surface area contributed by atoms with Crippen LogP contribution in [0.15, 0.2) is 18.2 Å². The molecule has 1 aliphatic carbocycles. The van der Waals surface area contributed by atoms with Crippen molar-refractivity contribution in [2.75, 3.05) is 12.3 Å². The van der Waals surface area contributed by atoms with E-state index in [0.717, 1.165) is 29.2 Å². The van der Waals surface area contributed by atoms with Gasteiger partial charge in [0.1, 0.15) is 0 Å². The minimum atomic E-state index is 0.751. The third-order valence-corrected chi connectivity index (χ3v) is 4.93. The third kappa shape index (κ3) is 2.36. The Morgan fingerprint density at radius 1 is 1.22 bits per heavy atom. The third-order valence-electron chi connectivity index (χ3n) is 4.58. The first kappa shape index (κ1) is 12.3. The summed E-state index contributed by atoms with van der Waals surface area (Å²) in [5, 5.41) is 0.814. The topological polar surface area (TPSA) is 29.3 Å². The van der Waals surface area contributed by atoms with E-state index in [-0.39, 0.29) is 0 Å². The molecule has 2 nitrogen and oxygen atoms in total. The van der Waals surface area contributed by atoms with Crippen molar-refractivity contribution in [3.05, 3.63) is 28.8 Å². The van der Waals surface area contributed by atoms with Gasteiger partial charge in [0.2, 0.25) is 0 Å². The van der Waals surface area contributed by atoms with E-state index < -0.39 is 0 Å². The normalized spacial score (nSPS) is 28.3. The van der Waals surface area contributed by atoms with Crippen LogP contribution in [0.2, 0.25) is 5.02 Å². The maximum absolute atomic E-state index is 6.28. The zero-order chi connectivity index (χ0) is 12.5. The van der Waals surface area contributed by atoms with Crippen LogP contribution < -0.4 is 5.73 Å². The van der Waals surface area contributed by atoms with Crippen molar-refractivity contribution in [2.24, 2.45) is 5.92 Å². The highest BCUT2D eigenvalue weighted by Gasteiger charge is 2.35. The van der Waals surface area contributed by atoms with E-state index in [9.17, 15) is 0 Å². The molecule has 18 heavy (non-hydrogen) atoms. The minimum absolute atomic E-state index is 0.751. The summed E-state index contributed by atoms with van der Waals surface area (Å²) in [5.41, 5.74) is 7.71. The molecule has 1 saturated carbocycles. The highest BCUT2D eigenvalue weighted by atomic mass is 35.5. The standard InChI is InChI=1S/C15H21ClN2/c16-14-9-13(17)6-5-12(14)10-18-8-7-11-3-1-2-4-15(11)18/h5-6,9,11,15H,1-4,7-8,10,17H2. The summed E-state index contributed by atoms with van der Waals surface area (Å²) in [6, 6.07) is 6.70. The Morgan fingerprint density at radius 2 is 2.06 bits per heavy atom. The molecule has 1 aromatic rings. The van der Waals surface area contributed by atoms with Gasteiger partial charge in [-0.05, 0) is 49.4 Å². The maximum Gasteiger partial charge on any atom is 0.0471 e. The minimum Gasteiger partial charge on any atom is -0.399 e. The van der Waals surface area contributed by atoms with Crippen molar-refractivity contribution in [2.45, 2.75) is 44.7 Å². The van der Waals surface area contributed by atoms with Gasteiger partial charge in [-0.25, -0.2) is 0 Å². The summed E-state index contributed by atoms with van der Waals surface area (Å²) in [4.78, 5) is 2.63. The predicted molar refractivity (Wildman–Crippen MR) is 76.6 cm³/mol. The van der Waals surface area contributed by atoms with Gasteiger partial charge in [0, 0.05) is 23.3 Å². The molecule has 2 unspecified atom stereocenters. The fraction of sp³-hybridized carbons (Fsp3) is 0.600. The number of nitrogens with zero attached hydrogens (tertiary/aromatic N) is 1. The SMILES string of the molecule is Nc1ccc(CN2CCC3CCCCC32)c(Cl)c1. The molecule has 3 heteroatoms. The van der Waals surface area contributed by atoms with Gasteiger partial charge in [0.05, 0.1) is 0 Å². The first-order valence-corrected chi connectivity index (χ1v) is 7.40. The smallest absolute Gasteiger partial charge is 0.0471 e. The number of halogens is 1. The lowest BCUT2D eigenvalue weighted by molar-refractivity contribution is 0.176. The molecule has 0 bridgehead atoms. The van der Waals surface area contributed by atoms with Gasteiger partial charge in [0.15, 0.2) is 0 Å². The number of nitrogens with two attached hydrogens (primary N) is 1. The van der Waals surface area contributed by atoms with Crippen LogP contribution in [0.25, 0.3) is 0 Å². The van der Waals surface area contributed by atoms with Crippen LogP contribution in [0.3, 0.4) is 0 Å². The largest absolute Gasteiger partial charge is 0.399 e. The number of likely N-dealkylation sites (tertiary alicyclic amines) is 1. The summed E-state index contributed by atoms with van der Waals surface area (Å²) < 4.78 is 0. The zero-order valence-corrected chi connectivity index (χ0v) is 11.5. The summed E-state index contributed by atoms with van der Waals surface area (Å²) in [7, 11) is 0. The van der Waals surface area contributed by atoms with Gasteiger partial charge >= 0.3 is 0 Å². The van der Waals surface area contributed by atoms with E-state index in [1.807, 2.05) is 12.1 Å².